The summed E-state index contributed by atoms with van der Waals surface area (Å²) < 4.78 is 0. The number of hydrogen-bond donors (Lipinski definition) is 0. The summed E-state index contributed by atoms with van der Waals surface area (Å²) in [5.74, 6) is -0.245. The lowest BCUT2D eigenvalue weighted by Gasteiger charge is -2.10. The van der Waals surface area contributed by atoms with Gasteiger partial charge in [-0.2, -0.15) is 0 Å². The van der Waals surface area contributed by atoms with Crippen LogP contribution in [-0.2, 0) is 0 Å². The Morgan fingerprint density at radius 2 is 1.58 bits per heavy atom. The van der Waals surface area contributed by atoms with Gasteiger partial charge in [-0.05, 0) is 30.2 Å². The van der Waals surface area contributed by atoms with Crippen molar-refractivity contribution in [1.29, 1.82) is 0 Å². The molecule has 0 heterocycles. The van der Waals surface area contributed by atoms with Gasteiger partial charge in [-0.3, -0.25) is 4.79 Å². The van der Waals surface area contributed by atoms with Crippen molar-refractivity contribution in [1.82, 2.24) is 0 Å². The average Bonchev–Trinajstić information content (AvgIpc) is 2.38. The molecule has 96 valence electrons. The number of carbonyl (C=O) groups excluding carboxylic acids is 1. The highest BCUT2D eigenvalue weighted by Gasteiger charge is 2.19. The number of aryl methyl sites for hydroxylation is 1. The molecular formula is C16H12Cl2O. The van der Waals surface area contributed by atoms with Gasteiger partial charge in [0.25, 0.3) is 0 Å². The molecule has 0 saturated heterocycles. The normalized spacial score (nSPS) is 10.3. The van der Waals surface area contributed by atoms with E-state index < -0.39 is 0 Å². The monoisotopic (exact) mass is 290 g/mol. The van der Waals surface area contributed by atoms with Gasteiger partial charge in [0.05, 0.1) is 15.6 Å². The quantitative estimate of drug-likeness (QED) is 0.561. The second-order valence-corrected chi connectivity index (χ2v) is 5.03. The molecule has 19 heavy (non-hydrogen) atoms. The number of ketones is 1. The van der Waals surface area contributed by atoms with Crippen molar-refractivity contribution >= 4 is 34.6 Å². The molecule has 0 bridgehead atoms. The molecule has 3 heteroatoms. The molecule has 1 nitrogen and oxygen atoms in total. The number of benzene rings is 2. The number of hydrogen-bond acceptors (Lipinski definition) is 1. The minimum absolute atomic E-state index is 0.245. The number of halogens is 2. The van der Waals surface area contributed by atoms with Crippen molar-refractivity contribution < 1.29 is 4.79 Å². The van der Waals surface area contributed by atoms with Gasteiger partial charge < -0.3 is 0 Å². The fraction of sp³-hybridized carbons (Fsp3) is 0.0625. The molecule has 0 N–H and O–H groups in total. The van der Waals surface area contributed by atoms with Crippen molar-refractivity contribution in [3.8, 4) is 0 Å². The smallest absolute Gasteiger partial charge is 0.196 e. The lowest BCUT2D eigenvalue weighted by atomic mass is 9.95. The van der Waals surface area contributed by atoms with E-state index in [2.05, 4.69) is 6.58 Å². The van der Waals surface area contributed by atoms with E-state index in [0.29, 0.717) is 21.2 Å². The van der Waals surface area contributed by atoms with Crippen molar-refractivity contribution in [2.75, 3.05) is 0 Å². The van der Waals surface area contributed by atoms with Crippen molar-refractivity contribution in [2.45, 2.75) is 6.92 Å². The van der Waals surface area contributed by atoms with Crippen LogP contribution in [0.15, 0.2) is 49.0 Å². The second-order valence-electron chi connectivity index (χ2n) is 4.22. The highest BCUT2D eigenvalue weighted by atomic mass is 35.5. The molecule has 0 atom stereocenters. The Morgan fingerprint density at radius 1 is 1.00 bits per heavy atom. The molecule has 0 saturated carbocycles. The Kier molecular flexibility index (Phi) is 4.08. The molecule has 0 amide bonds. The Bertz CT molecular complexity index is 639. The third-order valence-electron chi connectivity index (χ3n) is 2.93. The first-order chi connectivity index (χ1) is 9.02. The van der Waals surface area contributed by atoms with Gasteiger partial charge in [0.2, 0.25) is 0 Å². The van der Waals surface area contributed by atoms with E-state index in [0.717, 1.165) is 11.1 Å². The molecule has 0 aliphatic heterocycles. The molecule has 0 unspecified atom stereocenters. The predicted molar refractivity (Wildman–Crippen MR) is 81.0 cm³/mol. The van der Waals surface area contributed by atoms with Crippen molar-refractivity contribution in [3.05, 3.63) is 75.8 Å². The van der Waals surface area contributed by atoms with Gasteiger partial charge in [-0.1, -0.05) is 60.1 Å². The molecule has 2 rings (SSSR count). The first kappa shape index (κ1) is 13.9. The second kappa shape index (κ2) is 5.60. The van der Waals surface area contributed by atoms with Crippen LogP contribution in [0.3, 0.4) is 0 Å². The van der Waals surface area contributed by atoms with Gasteiger partial charge in [0.15, 0.2) is 5.78 Å². The summed E-state index contributed by atoms with van der Waals surface area (Å²) in [4.78, 5) is 12.5. The molecule has 2 aromatic rings. The number of Topliss-reactive ketones (excluding diaryl/α,β-unsaturated/α-hetero) is 1. The first-order valence-electron chi connectivity index (χ1n) is 5.76. The fourth-order valence-electron chi connectivity index (χ4n) is 1.90. The zero-order valence-corrected chi connectivity index (χ0v) is 11.9. The number of allylic oxidation sites excluding steroid dienone is 1. The van der Waals surface area contributed by atoms with Gasteiger partial charge in [0, 0.05) is 5.57 Å². The maximum atomic E-state index is 12.5. The molecule has 0 aliphatic carbocycles. The van der Waals surface area contributed by atoms with E-state index in [4.69, 9.17) is 23.2 Å². The summed E-state index contributed by atoms with van der Waals surface area (Å²) in [6.07, 6.45) is 0. The van der Waals surface area contributed by atoms with Crippen LogP contribution in [0.4, 0.5) is 0 Å². The first-order valence-corrected chi connectivity index (χ1v) is 6.51. The molecule has 2 aromatic carbocycles. The van der Waals surface area contributed by atoms with E-state index in [1.807, 2.05) is 31.2 Å². The number of carbonyl (C=O) groups is 1. The van der Waals surface area contributed by atoms with E-state index in [1.165, 1.54) is 0 Å². The lowest BCUT2D eigenvalue weighted by Crippen LogP contribution is -2.04. The van der Waals surface area contributed by atoms with Crippen LogP contribution in [0.5, 0.6) is 0 Å². The third kappa shape index (κ3) is 2.73. The van der Waals surface area contributed by atoms with Gasteiger partial charge >= 0.3 is 0 Å². The van der Waals surface area contributed by atoms with Crippen LogP contribution in [0.2, 0.25) is 10.0 Å². The van der Waals surface area contributed by atoms with Crippen LogP contribution in [0.1, 0.15) is 21.5 Å². The van der Waals surface area contributed by atoms with E-state index >= 15 is 0 Å². The van der Waals surface area contributed by atoms with Crippen LogP contribution >= 0.6 is 23.2 Å². The van der Waals surface area contributed by atoms with E-state index in [-0.39, 0.29) is 5.78 Å². The Morgan fingerprint density at radius 3 is 2.16 bits per heavy atom. The topological polar surface area (TPSA) is 17.1 Å². The van der Waals surface area contributed by atoms with Crippen LogP contribution in [0.25, 0.3) is 5.57 Å². The van der Waals surface area contributed by atoms with Crippen LogP contribution < -0.4 is 0 Å². The van der Waals surface area contributed by atoms with Crippen LogP contribution in [0, 0.1) is 6.92 Å². The minimum Gasteiger partial charge on any atom is -0.288 e. The summed E-state index contributed by atoms with van der Waals surface area (Å²) >= 11 is 12.1. The Balaban J connectivity index is 2.46. The SMILES string of the molecule is C=C(C(=O)c1c(Cl)cccc1Cl)c1ccccc1C. The van der Waals surface area contributed by atoms with Crippen molar-refractivity contribution in [3.63, 3.8) is 0 Å². The lowest BCUT2D eigenvalue weighted by molar-refractivity contribution is 0.105. The summed E-state index contributed by atoms with van der Waals surface area (Å²) in [7, 11) is 0. The molecule has 0 aliphatic rings. The minimum atomic E-state index is -0.245. The summed E-state index contributed by atoms with van der Waals surface area (Å²) in [6.45, 7) is 5.81. The highest BCUT2D eigenvalue weighted by molar-refractivity contribution is 6.44. The van der Waals surface area contributed by atoms with E-state index in [9.17, 15) is 4.79 Å². The summed E-state index contributed by atoms with van der Waals surface area (Å²) in [5, 5.41) is 0.680. The van der Waals surface area contributed by atoms with Crippen LogP contribution in [-0.4, -0.2) is 5.78 Å². The van der Waals surface area contributed by atoms with Gasteiger partial charge in [0.1, 0.15) is 0 Å². The maximum Gasteiger partial charge on any atom is 0.196 e. The third-order valence-corrected chi connectivity index (χ3v) is 3.56. The standard InChI is InChI=1S/C16H12Cl2O/c1-10-6-3-4-7-12(10)11(2)16(19)15-13(17)8-5-9-14(15)18/h3-9H,2H2,1H3. The fourth-order valence-corrected chi connectivity index (χ4v) is 2.47. The summed E-state index contributed by atoms with van der Waals surface area (Å²) in [6, 6.07) is 12.6. The average molecular weight is 291 g/mol. The van der Waals surface area contributed by atoms with E-state index in [1.54, 1.807) is 18.2 Å². The molecule has 0 aromatic heterocycles. The molecule has 0 radical (unpaired) electrons. The number of rotatable bonds is 3. The molecule has 0 fully saturated rings. The maximum absolute atomic E-state index is 12.5. The van der Waals surface area contributed by atoms with Crippen molar-refractivity contribution in [2.24, 2.45) is 0 Å². The van der Waals surface area contributed by atoms with Gasteiger partial charge in [-0.25, -0.2) is 0 Å². The summed E-state index contributed by atoms with van der Waals surface area (Å²) in [5.41, 5.74) is 2.50. The largest absolute Gasteiger partial charge is 0.288 e. The highest BCUT2D eigenvalue weighted by Crippen LogP contribution is 2.30. The molecular weight excluding hydrogens is 279 g/mol. The molecule has 0 spiro atoms. The Labute approximate surface area is 122 Å². The zero-order valence-electron chi connectivity index (χ0n) is 10.4. The predicted octanol–water partition coefficient (Wildman–Crippen LogP) is 5.20. The van der Waals surface area contributed by atoms with Gasteiger partial charge in [-0.15, -0.1) is 0 Å². The zero-order chi connectivity index (χ0) is 14.0. The Hall–Kier alpha value is -1.57.